The number of aldehydes is 1. The molecule has 0 saturated heterocycles. The summed E-state index contributed by atoms with van der Waals surface area (Å²) in [7, 11) is 1.37. The first-order valence-corrected chi connectivity index (χ1v) is 20.6. The third-order valence-corrected chi connectivity index (χ3v) is 9.09. The van der Waals surface area contributed by atoms with Crippen molar-refractivity contribution in [1.29, 1.82) is 0 Å². The summed E-state index contributed by atoms with van der Waals surface area (Å²) in [5.74, 6) is -0.929. The normalized spacial score (nSPS) is 14.5. The Hall–Kier alpha value is -1.88. The van der Waals surface area contributed by atoms with Crippen molar-refractivity contribution >= 4 is 26.0 Å². The van der Waals surface area contributed by atoms with Crippen molar-refractivity contribution in [3.8, 4) is 0 Å². The molecular weight excluding hydrogens is 661 g/mol. The summed E-state index contributed by atoms with van der Waals surface area (Å²) in [6.45, 7) is 1.99. The van der Waals surface area contributed by atoms with E-state index >= 15 is 0 Å². The number of allylic oxidation sites excluding steroid dienone is 3. The van der Waals surface area contributed by atoms with E-state index in [2.05, 4.69) is 19.1 Å². The summed E-state index contributed by atoms with van der Waals surface area (Å²) in [5.41, 5.74) is 0. The molecule has 292 valence electrons. The van der Waals surface area contributed by atoms with Crippen LogP contribution in [0.5, 0.6) is 0 Å². The van der Waals surface area contributed by atoms with Crippen molar-refractivity contribution in [1.82, 2.24) is 0 Å². The molecule has 0 aromatic carbocycles. The van der Waals surface area contributed by atoms with E-state index in [1.165, 1.54) is 57.1 Å². The van der Waals surface area contributed by atoms with Gasteiger partial charge in [-0.15, -0.1) is 0 Å². The Bertz CT molecular complexity index is 966. The van der Waals surface area contributed by atoms with Crippen LogP contribution in [0.4, 0.5) is 0 Å². The number of nitrogens with zero attached hydrogens (tertiary/aromatic N) is 1. The average molecular weight is 733 g/mol. The maximum Gasteiger partial charge on any atom is 0.472 e. The maximum atomic E-state index is 12.6. The Labute approximate surface area is 303 Å². The number of carbonyl (C=O) groups is 3. The van der Waals surface area contributed by atoms with Gasteiger partial charge in [-0.1, -0.05) is 102 Å². The Morgan fingerprint density at radius 2 is 1.28 bits per heavy atom. The molecule has 2 unspecified atom stereocenters. The van der Waals surface area contributed by atoms with E-state index in [1.54, 1.807) is 0 Å². The molecule has 0 radical (unpaired) electrons. The predicted molar refractivity (Wildman–Crippen MR) is 198 cm³/mol. The highest BCUT2D eigenvalue weighted by Gasteiger charge is 2.27. The van der Waals surface area contributed by atoms with Gasteiger partial charge in [0.05, 0.1) is 33.9 Å². The molecule has 2 N–H and O–H groups in total. The topological polar surface area (TPSA) is 146 Å². The van der Waals surface area contributed by atoms with E-state index in [0.29, 0.717) is 36.6 Å². The third kappa shape index (κ3) is 34.6. The van der Waals surface area contributed by atoms with Gasteiger partial charge in [-0.3, -0.25) is 23.4 Å². The van der Waals surface area contributed by atoms with Gasteiger partial charge in [0.15, 0.2) is 6.10 Å². The Morgan fingerprint density at radius 1 is 0.740 bits per heavy atom. The van der Waals surface area contributed by atoms with Gasteiger partial charge in [0.1, 0.15) is 26.0 Å². The van der Waals surface area contributed by atoms with Crippen LogP contribution in [-0.4, -0.2) is 92.4 Å². The first-order chi connectivity index (χ1) is 23.9. The number of ether oxygens (including phenoxy) is 2. The molecule has 0 fully saturated rings. The van der Waals surface area contributed by atoms with E-state index in [1.807, 2.05) is 21.1 Å². The zero-order valence-electron chi connectivity index (χ0n) is 31.8. The number of esters is 2. The van der Waals surface area contributed by atoms with Gasteiger partial charge < -0.3 is 24.0 Å². The number of phosphoric acid groups is 1. The summed E-state index contributed by atoms with van der Waals surface area (Å²) >= 11 is 0. The lowest BCUT2D eigenvalue weighted by Gasteiger charge is -2.24. The minimum Gasteiger partial charge on any atom is -0.462 e. The number of unbranched alkanes of at least 4 members (excludes halogenated alkanes) is 15. The molecule has 0 bridgehead atoms. The van der Waals surface area contributed by atoms with E-state index < -0.39 is 38.6 Å². The van der Waals surface area contributed by atoms with Crippen molar-refractivity contribution in [3.63, 3.8) is 0 Å². The number of aliphatic hydroxyl groups excluding tert-OH is 1. The van der Waals surface area contributed by atoms with E-state index in [-0.39, 0.29) is 26.1 Å². The number of quaternary nitrogens is 1. The number of rotatable bonds is 35. The Kier molecular flexibility index (Phi) is 30.6. The lowest BCUT2D eigenvalue weighted by molar-refractivity contribution is -0.870. The molecule has 0 rings (SSSR count). The number of phosphoric ester groups is 1. The SMILES string of the molecule is CCCCCCCC/C=C\CCCCCCCC(=O)OC[C@H](COP(=O)(O)OCC[N+](C)(C)C)OC(=O)CCCCCCCC(O)/C=C/C=O. The number of hydrogen-bond donors (Lipinski definition) is 2. The molecule has 11 nitrogen and oxygen atoms in total. The number of likely N-dealkylation sites (N-methyl/N-ethyl adjacent to an activating group) is 1. The standard InChI is InChI=1S/C38H70NO10P/c1-5-6-7-8-9-10-11-12-13-14-15-16-17-20-23-28-37(42)46-33-36(34-48-50(44,45)47-32-30-39(2,3)4)49-38(43)29-24-21-18-19-22-26-35(41)27-25-31-40/h12-13,25,27,31,35-36,41H,5-11,14-24,26,28-30,32-34H2,1-4H3/p+1/b13-12-,27-25+/t35?,36-/m1/s1. The Morgan fingerprint density at radius 3 is 1.86 bits per heavy atom. The van der Waals surface area contributed by atoms with Crippen LogP contribution in [0.15, 0.2) is 24.3 Å². The molecule has 0 spiro atoms. The monoisotopic (exact) mass is 732 g/mol. The fourth-order valence-corrected chi connectivity index (χ4v) is 5.77. The van der Waals surface area contributed by atoms with Gasteiger partial charge in [0.2, 0.25) is 0 Å². The third-order valence-electron chi connectivity index (χ3n) is 8.10. The van der Waals surface area contributed by atoms with Gasteiger partial charge in [-0.05, 0) is 51.0 Å². The van der Waals surface area contributed by atoms with Crippen LogP contribution in [0.1, 0.15) is 142 Å². The van der Waals surface area contributed by atoms with Gasteiger partial charge in [-0.25, -0.2) is 4.57 Å². The molecule has 0 aromatic rings. The molecule has 0 saturated carbocycles. The smallest absolute Gasteiger partial charge is 0.462 e. The van der Waals surface area contributed by atoms with Crippen molar-refractivity contribution in [2.24, 2.45) is 0 Å². The number of carbonyl (C=O) groups excluding carboxylic acids is 3. The lowest BCUT2D eigenvalue weighted by Crippen LogP contribution is -2.37. The second-order valence-electron chi connectivity index (χ2n) is 14.1. The van der Waals surface area contributed by atoms with Gasteiger partial charge >= 0.3 is 19.8 Å². The van der Waals surface area contributed by atoms with E-state index in [4.69, 9.17) is 18.5 Å². The minimum atomic E-state index is -4.41. The van der Waals surface area contributed by atoms with Gasteiger partial charge in [0, 0.05) is 12.8 Å². The molecule has 0 heterocycles. The van der Waals surface area contributed by atoms with Crippen LogP contribution in [-0.2, 0) is 37.5 Å². The minimum absolute atomic E-state index is 0.00107. The molecule has 50 heavy (non-hydrogen) atoms. The van der Waals surface area contributed by atoms with Crippen LogP contribution >= 0.6 is 7.82 Å². The zero-order chi connectivity index (χ0) is 37.4. The molecule has 0 aliphatic carbocycles. The quantitative estimate of drug-likeness (QED) is 0.0124. The van der Waals surface area contributed by atoms with Crippen molar-refractivity contribution in [2.75, 3.05) is 47.5 Å². The molecule has 3 atom stereocenters. The summed E-state index contributed by atoms with van der Waals surface area (Å²) in [5, 5.41) is 9.73. The van der Waals surface area contributed by atoms with Crippen LogP contribution in [0, 0.1) is 0 Å². The summed E-state index contributed by atoms with van der Waals surface area (Å²) in [4.78, 5) is 45.4. The average Bonchev–Trinajstić information content (AvgIpc) is 3.05. The number of aliphatic hydroxyl groups is 1. The molecule has 0 aliphatic heterocycles. The second-order valence-corrected chi connectivity index (χ2v) is 15.6. The molecule has 0 aromatic heterocycles. The zero-order valence-corrected chi connectivity index (χ0v) is 32.7. The lowest BCUT2D eigenvalue weighted by atomic mass is 10.1. The predicted octanol–water partition coefficient (Wildman–Crippen LogP) is 8.17. The molecular formula is C38H71NO10P+. The van der Waals surface area contributed by atoms with Crippen molar-refractivity contribution in [2.45, 2.75) is 154 Å². The largest absolute Gasteiger partial charge is 0.472 e. The second kappa shape index (κ2) is 31.8. The van der Waals surface area contributed by atoms with Crippen LogP contribution in [0.25, 0.3) is 0 Å². The van der Waals surface area contributed by atoms with E-state index in [0.717, 1.165) is 57.8 Å². The Balaban J connectivity index is 4.45. The highest BCUT2D eigenvalue weighted by molar-refractivity contribution is 7.47. The van der Waals surface area contributed by atoms with Crippen LogP contribution in [0.3, 0.4) is 0 Å². The number of hydrogen-bond acceptors (Lipinski definition) is 9. The fourth-order valence-electron chi connectivity index (χ4n) is 5.03. The van der Waals surface area contributed by atoms with Crippen LogP contribution < -0.4 is 0 Å². The fraction of sp³-hybridized carbons (Fsp3) is 0.816. The highest BCUT2D eigenvalue weighted by atomic mass is 31.2. The van der Waals surface area contributed by atoms with Gasteiger partial charge in [-0.2, -0.15) is 0 Å². The summed E-state index contributed by atoms with van der Waals surface area (Å²) in [6, 6.07) is 0. The van der Waals surface area contributed by atoms with Crippen LogP contribution in [0.2, 0.25) is 0 Å². The summed E-state index contributed by atoms with van der Waals surface area (Å²) in [6.07, 6.45) is 26.3. The first kappa shape index (κ1) is 48.1. The van der Waals surface area contributed by atoms with Crippen molar-refractivity contribution in [3.05, 3.63) is 24.3 Å². The first-order valence-electron chi connectivity index (χ1n) is 19.1. The van der Waals surface area contributed by atoms with Crippen molar-refractivity contribution < 1.29 is 52.0 Å². The molecule has 12 heteroatoms. The summed E-state index contributed by atoms with van der Waals surface area (Å²) < 4.78 is 33.9. The highest BCUT2D eigenvalue weighted by Crippen LogP contribution is 2.43. The molecule has 0 aliphatic rings. The van der Waals surface area contributed by atoms with E-state index in [9.17, 15) is 28.9 Å². The van der Waals surface area contributed by atoms with Gasteiger partial charge in [0.25, 0.3) is 0 Å². The maximum absolute atomic E-state index is 12.6. The molecule has 0 amide bonds.